The number of aromatic nitrogens is 1. The number of benzene rings is 1. The fraction of sp³-hybridized carbons (Fsp3) is 0.500. The molecule has 1 aliphatic rings. The lowest BCUT2D eigenvalue weighted by molar-refractivity contribution is 0.0707. The maximum absolute atomic E-state index is 6.11. The number of aromatic amines is 1. The minimum absolute atomic E-state index is 0.512. The first kappa shape index (κ1) is 13.9. The molecule has 1 aromatic carbocycles. The van der Waals surface area contributed by atoms with Gasteiger partial charge in [-0.15, -0.1) is 0 Å². The molecule has 0 amide bonds. The van der Waals surface area contributed by atoms with Gasteiger partial charge >= 0.3 is 0 Å². The normalized spacial score (nSPS) is 19.6. The highest BCUT2D eigenvalue weighted by atomic mass is 35.5. The molecule has 2 heterocycles. The van der Waals surface area contributed by atoms with E-state index in [4.69, 9.17) is 16.3 Å². The number of rotatable bonds is 4. The van der Waals surface area contributed by atoms with Gasteiger partial charge in [-0.25, -0.2) is 0 Å². The second-order valence-corrected chi connectivity index (χ2v) is 5.97. The van der Waals surface area contributed by atoms with Crippen LogP contribution >= 0.6 is 11.6 Å². The predicted octanol–water partition coefficient (Wildman–Crippen LogP) is 3.44. The maximum atomic E-state index is 6.11. The second-order valence-electron chi connectivity index (χ2n) is 5.54. The van der Waals surface area contributed by atoms with E-state index in [0.29, 0.717) is 6.04 Å². The van der Waals surface area contributed by atoms with Crippen LogP contribution in [0.1, 0.15) is 24.1 Å². The second kappa shape index (κ2) is 6.17. The molecule has 0 aliphatic carbocycles. The summed E-state index contributed by atoms with van der Waals surface area (Å²) in [6, 6.07) is 6.55. The molecule has 0 bridgehead atoms. The lowest BCUT2D eigenvalue weighted by Crippen LogP contribution is -2.37. The third-order valence-electron chi connectivity index (χ3n) is 4.05. The topological polar surface area (TPSA) is 37.0 Å². The molecule has 4 heteroatoms. The average molecular weight is 293 g/mol. The number of aryl methyl sites for hydroxylation is 1. The average Bonchev–Trinajstić information content (AvgIpc) is 2.76. The third-order valence-corrected chi connectivity index (χ3v) is 4.28. The van der Waals surface area contributed by atoms with Crippen LogP contribution in [0.25, 0.3) is 10.9 Å². The van der Waals surface area contributed by atoms with Crippen molar-refractivity contribution in [1.29, 1.82) is 0 Å². The van der Waals surface area contributed by atoms with Gasteiger partial charge in [0, 0.05) is 34.3 Å². The fourth-order valence-electron chi connectivity index (χ4n) is 2.98. The third kappa shape index (κ3) is 3.00. The number of hydrogen-bond acceptors (Lipinski definition) is 2. The van der Waals surface area contributed by atoms with Gasteiger partial charge in [-0.05, 0) is 56.5 Å². The Morgan fingerprint density at radius 1 is 1.45 bits per heavy atom. The van der Waals surface area contributed by atoms with Gasteiger partial charge in [0.05, 0.1) is 6.61 Å². The fourth-order valence-corrected chi connectivity index (χ4v) is 3.15. The molecule has 108 valence electrons. The summed E-state index contributed by atoms with van der Waals surface area (Å²) in [5, 5.41) is 5.64. The molecule has 1 aliphatic heterocycles. The van der Waals surface area contributed by atoms with Crippen molar-refractivity contribution in [2.45, 2.75) is 32.2 Å². The summed E-state index contributed by atoms with van der Waals surface area (Å²) in [4.78, 5) is 3.43. The van der Waals surface area contributed by atoms with E-state index in [-0.39, 0.29) is 0 Å². The molecule has 1 aromatic heterocycles. The number of halogens is 1. The lowest BCUT2D eigenvalue weighted by Gasteiger charge is -2.23. The predicted molar refractivity (Wildman–Crippen MR) is 83.6 cm³/mol. The molecule has 0 spiro atoms. The van der Waals surface area contributed by atoms with E-state index in [0.717, 1.165) is 31.2 Å². The van der Waals surface area contributed by atoms with Crippen molar-refractivity contribution >= 4 is 22.5 Å². The van der Waals surface area contributed by atoms with Gasteiger partial charge in [-0.1, -0.05) is 11.6 Å². The van der Waals surface area contributed by atoms with Gasteiger partial charge in [0.25, 0.3) is 0 Å². The highest BCUT2D eigenvalue weighted by Crippen LogP contribution is 2.25. The van der Waals surface area contributed by atoms with Crippen molar-refractivity contribution in [3.05, 3.63) is 34.5 Å². The van der Waals surface area contributed by atoms with E-state index >= 15 is 0 Å². The highest BCUT2D eigenvalue weighted by Gasteiger charge is 2.14. The lowest BCUT2D eigenvalue weighted by atomic mass is 10.1. The molecular weight excluding hydrogens is 272 g/mol. The monoisotopic (exact) mass is 292 g/mol. The van der Waals surface area contributed by atoms with Crippen LogP contribution < -0.4 is 5.32 Å². The zero-order valence-electron chi connectivity index (χ0n) is 11.8. The minimum atomic E-state index is 0.512. The van der Waals surface area contributed by atoms with Crippen molar-refractivity contribution in [3.63, 3.8) is 0 Å². The summed E-state index contributed by atoms with van der Waals surface area (Å²) < 4.78 is 5.49. The van der Waals surface area contributed by atoms with Crippen LogP contribution in [-0.4, -0.2) is 30.8 Å². The van der Waals surface area contributed by atoms with Crippen LogP contribution in [-0.2, 0) is 11.2 Å². The molecule has 20 heavy (non-hydrogen) atoms. The maximum Gasteiger partial charge on any atom is 0.0619 e. The number of hydrogen-bond donors (Lipinski definition) is 2. The zero-order valence-corrected chi connectivity index (χ0v) is 12.6. The SMILES string of the molecule is Cc1[nH]c2ccc(Cl)cc2c1CCN[C@@H]1CCCOC1. The molecule has 1 fully saturated rings. The van der Waals surface area contributed by atoms with Gasteiger partial charge in [0.15, 0.2) is 0 Å². The van der Waals surface area contributed by atoms with Crippen molar-refractivity contribution in [1.82, 2.24) is 10.3 Å². The Morgan fingerprint density at radius 2 is 2.35 bits per heavy atom. The first-order valence-corrected chi connectivity index (χ1v) is 7.69. The van der Waals surface area contributed by atoms with E-state index in [9.17, 15) is 0 Å². The first-order valence-electron chi connectivity index (χ1n) is 7.32. The van der Waals surface area contributed by atoms with Crippen molar-refractivity contribution in [2.75, 3.05) is 19.8 Å². The molecule has 0 saturated carbocycles. The van der Waals surface area contributed by atoms with E-state index in [1.54, 1.807) is 0 Å². The zero-order chi connectivity index (χ0) is 13.9. The van der Waals surface area contributed by atoms with E-state index in [1.807, 2.05) is 6.07 Å². The van der Waals surface area contributed by atoms with Crippen molar-refractivity contribution in [3.8, 4) is 0 Å². The van der Waals surface area contributed by atoms with Crippen molar-refractivity contribution in [2.24, 2.45) is 0 Å². The van der Waals surface area contributed by atoms with E-state index < -0.39 is 0 Å². The summed E-state index contributed by atoms with van der Waals surface area (Å²) >= 11 is 6.11. The molecular formula is C16H21ClN2O. The van der Waals surface area contributed by atoms with E-state index in [2.05, 4.69) is 29.4 Å². The van der Waals surface area contributed by atoms with Gasteiger partial charge < -0.3 is 15.0 Å². The minimum Gasteiger partial charge on any atom is -0.380 e. The highest BCUT2D eigenvalue weighted by molar-refractivity contribution is 6.31. The quantitative estimate of drug-likeness (QED) is 0.906. The standard InChI is InChI=1S/C16H21ClN2O/c1-11-14(6-7-18-13-3-2-8-20-10-13)15-9-12(17)4-5-16(15)19-11/h4-5,9,13,18-19H,2-3,6-8,10H2,1H3/t13-/m1/s1. The first-order chi connectivity index (χ1) is 9.74. The molecule has 3 rings (SSSR count). The Hall–Kier alpha value is -1.03. The van der Waals surface area contributed by atoms with Crippen LogP contribution in [0.15, 0.2) is 18.2 Å². The molecule has 2 aromatic rings. The smallest absolute Gasteiger partial charge is 0.0619 e. The van der Waals surface area contributed by atoms with Crippen LogP contribution in [0.3, 0.4) is 0 Å². The molecule has 1 atom stereocenters. The molecule has 2 N–H and O–H groups in total. The van der Waals surface area contributed by atoms with Crippen molar-refractivity contribution < 1.29 is 4.74 Å². The number of fused-ring (bicyclic) bond motifs is 1. The van der Waals surface area contributed by atoms with E-state index in [1.165, 1.54) is 35.0 Å². The number of H-pyrrole nitrogens is 1. The summed E-state index contributed by atoms with van der Waals surface area (Å²) in [7, 11) is 0. The van der Waals surface area contributed by atoms with Crippen LogP contribution in [0.4, 0.5) is 0 Å². The molecule has 0 radical (unpaired) electrons. The Morgan fingerprint density at radius 3 is 3.15 bits per heavy atom. The number of nitrogens with one attached hydrogen (secondary N) is 2. The Bertz CT molecular complexity index is 587. The van der Waals surface area contributed by atoms with Gasteiger partial charge in [0.2, 0.25) is 0 Å². The number of ether oxygens (including phenoxy) is 1. The van der Waals surface area contributed by atoms with Crippen LogP contribution in [0.2, 0.25) is 5.02 Å². The summed E-state index contributed by atoms with van der Waals surface area (Å²) in [6.07, 6.45) is 3.40. The van der Waals surface area contributed by atoms with Crippen LogP contribution in [0, 0.1) is 6.92 Å². The largest absolute Gasteiger partial charge is 0.380 e. The Labute approximate surface area is 124 Å². The summed E-state index contributed by atoms with van der Waals surface area (Å²) in [5.74, 6) is 0. The van der Waals surface area contributed by atoms with Crippen LogP contribution in [0.5, 0.6) is 0 Å². The summed E-state index contributed by atoms with van der Waals surface area (Å²) in [5.41, 5.74) is 3.78. The van der Waals surface area contributed by atoms with Gasteiger partial charge in [-0.2, -0.15) is 0 Å². The molecule has 3 nitrogen and oxygen atoms in total. The Balaban J connectivity index is 1.67. The molecule has 0 unspecified atom stereocenters. The molecule has 1 saturated heterocycles. The van der Waals surface area contributed by atoms with Gasteiger partial charge in [0.1, 0.15) is 0 Å². The Kier molecular flexibility index (Phi) is 4.29. The summed E-state index contributed by atoms with van der Waals surface area (Å²) in [6.45, 7) is 4.87. The van der Waals surface area contributed by atoms with Gasteiger partial charge in [-0.3, -0.25) is 0 Å².